The van der Waals surface area contributed by atoms with E-state index in [2.05, 4.69) is 10.6 Å². The number of hydrogen-bond acceptors (Lipinski definition) is 7. The molecule has 0 spiro atoms. The van der Waals surface area contributed by atoms with Crippen LogP contribution in [0.2, 0.25) is 0 Å². The molecule has 0 bridgehead atoms. The molecule has 1 fully saturated rings. The van der Waals surface area contributed by atoms with Crippen LogP contribution in [0.15, 0.2) is 48.5 Å². The number of ether oxygens (including phenoxy) is 2. The molecule has 1 aliphatic heterocycles. The van der Waals surface area contributed by atoms with Gasteiger partial charge in [0.1, 0.15) is 18.2 Å². The molecule has 1 aliphatic carbocycles. The Labute approximate surface area is 265 Å². The van der Waals surface area contributed by atoms with Gasteiger partial charge in [0.05, 0.1) is 6.54 Å². The second kappa shape index (κ2) is 15.7. The van der Waals surface area contributed by atoms with E-state index in [1.807, 2.05) is 74.2 Å². The number of carboxylic acids is 1. The van der Waals surface area contributed by atoms with Crippen LogP contribution in [0.25, 0.3) is 11.1 Å². The average molecular weight is 623 g/mol. The number of alkyl carbamates (subject to hydrolysis) is 1. The molecule has 45 heavy (non-hydrogen) atoms. The van der Waals surface area contributed by atoms with Crippen molar-refractivity contribution < 1.29 is 33.8 Å². The summed E-state index contributed by atoms with van der Waals surface area (Å²) in [5, 5.41) is 15.0. The average Bonchev–Trinajstić information content (AvgIpc) is 3.36. The summed E-state index contributed by atoms with van der Waals surface area (Å²) in [6.07, 6.45) is 2.01. The number of rotatable bonds is 14. The van der Waals surface area contributed by atoms with Crippen LogP contribution in [0.5, 0.6) is 0 Å². The number of fused-ring (bicyclic) bond motifs is 3. The fraction of sp³-hybridized carbons (Fsp3) is 0.529. The Kier molecular flexibility index (Phi) is 11.8. The molecule has 244 valence electrons. The predicted octanol–water partition coefficient (Wildman–Crippen LogP) is 4.60. The molecule has 1 saturated heterocycles. The van der Waals surface area contributed by atoms with Crippen LogP contribution >= 0.6 is 0 Å². The van der Waals surface area contributed by atoms with Gasteiger partial charge in [-0.3, -0.25) is 9.69 Å². The van der Waals surface area contributed by atoms with Crippen molar-refractivity contribution in [2.45, 2.75) is 70.4 Å². The van der Waals surface area contributed by atoms with E-state index in [4.69, 9.17) is 9.47 Å². The highest BCUT2D eigenvalue weighted by molar-refractivity contribution is 5.81. The SMILES string of the molecule is CCC(C)(CC)OC(=O)CN1CCN(C(=O)NCCCC[C@@H](NC(=O)OCC2c3ccccc3-c3ccccc32)C(=O)O)CC1. The van der Waals surface area contributed by atoms with Crippen molar-refractivity contribution in [1.82, 2.24) is 20.4 Å². The highest BCUT2D eigenvalue weighted by Gasteiger charge is 2.30. The van der Waals surface area contributed by atoms with Crippen LogP contribution in [0, 0.1) is 0 Å². The number of carboxylic acid groups (broad SMARTS) is 1. The van der Waals surface area contributed by atoms with Gasteiger partial charge >= 0.3 is 24.1 Å². The van der Waals surface area contributed by atoms with Crippen molar-refractivity contribution in [2.75, 3.05) is 45.9 Å². The summed E-state index contributed by atoms with van der Waals surface area (Å²) in [7, 11) is 0. The Balaban J connectivity index is 1.12. The van der Waals surface area contributed by atoms with Gasteiger partial charge < -0.3 is 30.1 Å². The van der Waals surface area contributed by atoms with E-state index in [1.165, 1.54) is 0 Å². The van der Waals surface area contributed by atoms with Crippen LogP contribution in [0.1, 0.15) is 69.9 Å². The number of esters is 1. The van der Waals surface area contributed by atoms with E-state index < -0.39 is 23.7 Å². The third-order valence-electron chi connectivity index (χ3n) is 9.00. The largest absolute Gasteiger partial charge is 0.480 e. The number of unbranched alkanes of at least 4 members (excludes halogenated alkanes) is 1. The van der Waals surface area contributed by atoms with Crippen LogP contribution < -0.4 is 10.6 Å². The lowest BCUT2D eigenvalue weighted by molar-refractivity contribution is -0.160. The van der Waals surface area contributed by atoms with Gasteiger partial charge in [0.15, 0.2) is 0 Å². The quantitative estimate of drug-likeness (QED) is 0.205. The van der Waals surface area contributed by atoms with Gasteiger partial charge in [-0.1, -0.05) is 62.4 Å². The second-order valence-corrected chi connectivity index (χ2v) is 12.0. The molecule has 1 heterocycles. The number of nitrogens with zero attached hydrogens (tertiary/aromatic N) is 2. The molecular weight excluding hydrogens is 576 g/mol. The number of hydrogen-bond donors (Lipinski definition) is 3. The Hall–Kier alpha value is -4.12. The van der Waals surface area contributed by atoms with E-state index in [0.29, 0.717) is 45.6 Å². The topological polar surface area (TPSA) is 138 Å². The number of benzene rings is 2. The van der Waals surface area contributed by atoms with Gasteiger partial charge in [-0.15, -0.1) is 0 Å². The predicted molar refractivity (Wildman–Crippen MR) is 170 cm³/mol. The normalized spacial score (nSPS) is 15.5. The maximum Gasteiger partial charge on any atom is 0.407 e. The van der Waals surface area contributed by atoms with Crippen LogP contribution in [-0.4, -0.2) is 96.5 Å². The van der Waals surface area contributed by atoms with Gasteiger partial charge in [0.25, 0.3) is 0 Å². The zero-order valence-electron chi connectivity index (χ0n) is 26.5. The highest BCUT2D eigenvalue weighted by atomic mass is 16.6. The Morgan fingerprint density at radius 2 is 1.53 bits per heavy atom. The van der Waals surface area contributed by atoms with Crippen molar-refractivity contribution in [3.8, 4) is 11.1 Å². The van der Waals surface area contributed by atoms with Crippen molar-refractivity contribution >= 4 is 24.1 Å². The number of amides is 3. The van der Waals surface area contributed by atoms with E-state index in [0.717, 1.165) is 35.1 Å². The lowest BCUT2D eigenvalue weighted by Crippen LogP contribution is -2.53. The third kappa shape index (κ3) is 8.97. The molecule has 1 atom stereocenters. The number of urea groups is 1. The zero-order chi connectivity index (χ0) is 32.4. The van der Waals surface area contributed by atoms with Gasteiger partial charge in [0, 0.05) is 38.6 Å². The second-order valence-electron chi connectivity index (χ2n) is 12.0. The van der Waals surface area contributed by atoms with E-state index in [9.17, 15) is 24.3 Å². The maximum absolute atomic E-state index is 12.6. The summed E-state index contributed by atoms with van der Waals surface area (Å²) in [6.45, 7) is 8.81. The Morgan fingerprint density at radius 3 is 2.11 bits per heavy atom. The summed E-state index contributed by atoms with van der Waals surface area (Å²) in [4.78, 5) is 53.1. The first-order valence-electron chi connectivity index (χ1n) is 16.0. The molecular formula is C34H46N4O7. The molecule has 11 nitrogen and oxygen atoms in total. The first-order chi connectivity index (χ1) is 21.6. The smallest absolute Gasteiger partial charge is 0.407 e. The van der Waals surface area contributed by atoms with Gasteiger partial charge in [-0.2, -0.15) is 0 Å². The van der Waals surface area contributed by atoms with Crippen LogP contribution in [0.3, 0.4) is 0 Å². The van der Waals surface area contributed by atoms with Crippen molar-refractivity contribution in [1.29, 1.82) is 0 Å². The number of carbonyl (C=O) groups excluding carboxylic acids is 3. The van der Waals surface area contributed by atoms with Gasteiger partial charge in [-0.05, 0) is 61.3 Å². The monoisotopic (exact) mass is 622 g/mol. The molecule has 3 amide bonds. The third-order valence-corrected chi connectivity index (χ3v) is 9.00. The summed E-state index contributed by atoms with van der Waals surface area (Å²) in [6, 6.07) is 14.7. The standard InChI is InChI=1S/C34H46N4O7/c1-4-34(3,5-2)45-30(39)22-37-18-20-38(21-19-37)32(42)35-17-11-10-16-29(31(40)41)36-33(43)44-23-28-26-14-8-6-12-24(26)25-13-7-9-15-27(25)28/h6-9,12-15,28-29H,4-5,10-11,16-23H2,1-3H3,(H,35,42)(H,36,43)(H,40,41)/t29-/m1/s1. The summed E-state index contributed by atoms with van der Waals surface area (Å²) in [5.41, 5.74) is 3.94. The molecule has 3 N–H and O–H groups in total. The number of nitrogens with one attached hydrogen (secondary N) is 2. The van der Waals surface area contributed by atoms with E-state index in [-0.39, 0.29) is 37.5 Å². The minimum Gasteiger partial charge on any atom is -0.480 e. The number of carbonyl (C=O) groups is 4. The fourth-order valence-corrected chi connectivity index (χ4v) is 5.81. The highest BCUT2D eigenvalue weighted by Crippen LogP contribution is 2.44. The first-order valence-corrected chi connectivity index (χ1v) is 16.0. The van der Waals surface area contributed by atoms with Crippen LogP contribution in [0.4, 0.5) is 9.59 Å². The van der Waals surface area contributed by atoms with E-state index in [1.54, 1.807) is 4.90 Å². The minimum atomic E-state index is -1.14. The molecule has 11 heteroatoms. The fourth-order valence-electron chi connectivity index (χ4n) is 5.81. The maximum atomic E-state index is 12.6. The molecule has 4 rings (SSSR count). The summed E-state index contributed by atoms with van der Waals surface area (Å²) in [5.74, 6) is -1.49. The number of piperazine rings is 1. The lowest BCUT2D eigenvalue weighted by Gasteiger charge is -2.35. The van der Waals surface area contributed by atoms with Crippen molar-refractivity contribution in [2.24, 2.45) is 0 Å². The molecule has 2 aromatic rings. The molecule has 0 radical (unpaired) electrons. The minimum absolute atomic E-state index is 0.105. The molecule has 0 unspecified atom stereocenters. The zero-order valence-corrected chi connectivity index (χ0v) is 26.5. The summed E-state index contributed by atoms with van der Waals surface area (Å²) >= 11 is 0. The molecule has 0 saturated carbocycles. The van der Waals surface area contributed by atoms with Crippen molar-refractivity contribution in [3.05, 3.63) is 59.7 Å². The molecule has 2 aliphatic rings. The Morgan fingerprint density at radius 1 is 0.933 bits per heavy atom. The number of aliphatic carboxylic acids is 1. The van der Waals surface area contributed by atoms with Crippen molar-refractivity contribution in [3.63, 3.8) is 0 Å². The molecule has 0 aromatic heterocycles. The van der Waals surface area contributed by atoms with E-state index >= 15 is 0 Å². The Bertz CT molecular complexity index is 1290. The summed E-state index contributed by atoms with van der Waals surface area (Å²) < 4.78 is 11.2. The van der Waals surface area contributed by atoms with Gasteiger partial charge in [0.2, 0.25) is 0 Å². The lowest BCUT2D eigenvalue weighted by atomic mass is 9.98. The molecule has 2 aromatic carbocycles. The van der Waals surface area contributed by atoms with Gasteiger partial charge in [-0.25, -0.2) is 14.4 Å². The first kappa shape index (κ1) is 33.8. The van der Waals surface area contributed by atoms with Crippen LogP contribution in [-0.2, 0) is 19.1 Å².